The van der Waals surface area contributed by atoms with E-state index in [4.69, 9.17) is 4.74 Å². The summed E-state index contributed by atoms with van der Waals surface area (Å²) in [5, 5.41) is 3.47. The number of ether oxygens (including phenoxy) is 1. The highest BCUT2D eigenvalue weighted by Gasteiger charge is 2.01. The Kier molecular flexibility index (Phi) is 4.88. The summed E-state index contributed by atoms with van der Waals surface area (Å²) in [5.41, 5.74) is 3.67. The van der Waals surface area contributed by atoms with Crippen molar-refractivity contribution in [1.29, 1.82) is 0 Å². The third-order valence-corrected chi connectivity index (χ3v) is 3.42. The molecule has 0 radical (unpaired) electrons. The number of rotatable bonds is 6. The fraction of sp³-hybridized carbons (Fsp3) is 0.294. The first-order chi connectivity index (χ1) is 9.70. The van der Waals surface area contributed by atoms with E-state index in [1.54, 1.807) is 7.11 Å². The second-order valence-electron chi connectivity index (χ2n) is 4.86. The quantitative estimate of drug-likeness (QED) is 0.868. The standard InChI is InChI=1S/C17H22N2O/c1-14-6-4-5-7-17(14)18-12-13-19(2)15-8-10-16(20-3)11-9-15/h4-11,18H,12-13H2,1-3H3. The molecule has 2 aromatic carbocycles. The van der Waals surface area contributed by atoms with Crippen LogP contribution in [0.25, 0.3) is 0 Å². The second kappa shape index (κ2) is 6.85. The zero-order valence-corrected chi connectivity index (χ0v) is 12.4. The number of methoxy groups -OCH3 is 1. The van der Waals surface area contributed by atoms with Gasteiger partial charge in [-0.05, 0) is 42.8 Å². The van der Waals surface area contributed by atoms with Gasteiger partial charge < -0.3 is 15.0 Å². The lowest BCUT2D eigenvalue weighted by Crippen LogP contribution is -2.24. The lowest BCUT2D eigenvalue weighted by molar-refractivity contribution is 0.415. The van der Waals surface area contributed by atoms with Crippen LogP contribution >= 0.6 is 0 Å². The van der Waals surface area contributed by atoms with Gasteiger partial charge in [-0.3, -0.25) is 0 Å². The largest absolute Gasteiger partial charge is 0.497 e. The number of anilines is 2. The van der Waals surface area contributed by atoms with E-state index in [1.165, 1.54) is 16.9 Å². The van der Waals surface area contributed by atoms with Crippen molar-refractivity contribution in [2.75, 3.05) is 37.5 Å². The zero-order chi connectivity index (χ0) is 14.4. The van der Waals surface area contributed by atoms with Gasteiger partial charge in [0.2, 0.25) is 0 Å². The van der Waals surface area contributed by atoms with Crippen LogP contribution in [0.15, 0.2) is 48.5 Å². The first-order valence-corrected chi connectivity index (χ1v) is 6.85. The highest BCUT2D eigenvalue weighted by molar-refractivity contribution is 5.51. The first-order valence-electron chi connectivity index (χ1n) is 6.85. The molecule has 0 unspecified atom stereocenters. The van der Waals surface area contributed by atoms with E-state index < -0.39 is 0 Å². The first kappa shape index (κ1) is 14.3. The fourth-order valence-electron chi connectivity index (χ4n) is 2.10. The summed E-state index contributed by atoms with van der Waals surface area (Å²) in [6.45, 7) is 3.98. The molecular formula is C17H22N2O. The molecule has 0 fully saturated rings. The van der Waals surface area contributed by atoms with Crippen molar-refractivity contribution in [3.8, 4) is 5.75 Å². The fourth-order valence-corrected chi connectivity index (χ4v) is 2.10. The lowest BCUT2D eigenvalue weighted by atomic mass is 10.2. The van der Waals surface area contributed by atoms with Crippen LogP contribution in [0.3, 0.4) is 0 Å². The van der Waals surface area contributed by atoms with Crippen LogP contribution in [0.1, 0.15) is 5.56 Å². The number of nitrogens with one attached hydrogen (secondary N) is 1. The van der Waals surface area contributed by atoms with Gasteiger partial charge in [-0.1, -0.05) is 18.2 Å². The van der Waals surface area contributed by atoms with Crippen LogP contribution < -0.4 is 15.0 Å². The highest BCUT2D eigenvalue weighted by Crippen LogP contribution is 2.18. The summed E-state index contributed by atoms with van der Waals surface area (Å²) in [7, 11) is 3.78. The maximum absolute atomic E-state index is 5.17. The molecule has 2 aromatic rings. The van der Waals surface area contributed by atoms with E-state index in [-0.39, 0.29) is 0 Å². The Morgan fingerprint density at radius 3 is 2.40 bits per heavy atom. The van der Waals surface area contributed by atoms with E-state index >= 15 is 0 Å². The van der Waals surface area contributed by atoms with Gasteiger partial charge in [0.1, 0.15) is 5.75 Å². The van der Waals surface area contributed by atoms with Crippen molar-refractivity contribution < 1.29 is 4.74 Å². The number of benzene rings is 2. The normalized spacial score (nSPS) is 10.2. The molecule has 0 bridgehead atoms. The van der Waals surface area contributed by atoms with Crippen molar-refractivity contribution in [3.05, 3.63) is 54.1 Å². The predicted molar refractivity (Wildman–Crippen MR) is 85.9 cm³/mol. The lowest BCUT2D eigenvalue weighted by Gasteiger charge is -2.20. The van der Waals surface area contributed by atoms with E-state index in [0.29, 0.717) is 0 Å². The number of para-hydroxylation sites is 1. The molecule has 0 amide bonds. The SMILES string of the molecule is COc1ccc(N(C)CCNc2ccccc2C)cc1. The van der Waals surface area contributed by atoms with Crippen molar-refractivity contribution in [1.82, 2.24) is 0 Å². The summed E-state index contributed by atoms with van der Waals surface area (Å²) in [5.74, 6) is 0.889. The van der Waals surface area contributed by atoms with Crippen molar-refractivity contribution in [3.63, 3.8) is 0 Å². The summed E-state index contributed by atoms with van der Waals surface area (Å²) in [4.78, 5) is 2.23. The van der Waals surface area contributed by atoms with Gasteiger partial charge in [-0.25, -0.2) is 0 Å². The summed E-state index contributed by atoms with van der Waals surface area (Å²) in [6.07, 6.45) is 0. The molecule has 0 aromatic heterocycles. The molecule has 3 nitrogen and oxygen atoms in total. The van der Waals surface area contributed by atoms with Gasteiger partial charge in [0, 0.05) is 31.5 Å². The molecule has 1 N–H and O–H groups in total. The number of hydrogen-bond donors (Lipinski definition) is 1. The molecular weight excluding hydrogens is 248 g/mol. The Morgan fingerprint density at radius 1 is 1.05 bits per heavy atom. The van der Waals surface area contributed by atoms with E-state index in [1.807, 2.05) is 12.1 Å². The van der Waals surface area contributed by atoms with Crippen LogP contribution in [-0.4, -0.2) is 27.2 Å². The molecule has 0 aliphatic rings. The number of hydrogen-bond acceptors (Lipinski definition) is 3. The molecule has 2 rings (SSSR count). The van der Waals surface area contributed by atoms with Gasteiger partial charge >= 0.3 is 0 Å². The average Bonchev–Trinajstić information content (AvgIpc) is 2.49. The molecule has 0 aliphatic heterocycles. The Morgan fingerprint density at radius 2 is 1.75 bits per heavy atom. The van der Waals surface area contributed by atoms with Crippen LogP contribution in [0.5, 0.6) is 5.75 Å². The van der Waals surface area contributed by atoms with Gasteiger partial charge in [0.05, 0.1) is 7.11 Å². The maximum Gasteiger partial charge on any atom is 0.119 e. The third-order valence-electron chi connectivity index (χ3n) is 3.42. The molecule has 0 spiro atoms. The topological polar surface area (TPSA) is 24.5 Å². The number of aryl methyl sites for hydroxylation is 1. The van der Waals surface area contributed by atoms with Crippen molar-refractivity contribution >= 4 is 11.4 Å². The molecule has 0 aliphatic carbocycles. The summed E-state index contributed by atoms with van der Waals surface area (Å²) >= 11 is 0. The zero-order valence-electron chi connectivity index (χ0n) is 12.4. The molecule has 0 atom stereocenters. The van der Waals surface area contributed by atoms with E-state index in [9.17, 15) is 0 Å². The minimum absolute atomic E-state index is 0.889. The maximum atomic E-state index is 5.17. The van der Waals surface area contributed by atoms with Crippen LogP contribution in [-0.2, 0) is 0 Å². The Labute approximate surface area is 121 Å². The highest BCUT2D eigenvalue weighted by atomic mass is 16.5. The van der Waals surface area contributed by atoms with Crippen molar-refractivity contribution in [2.24, 2.45) is 0 Å². The smallest absolute Gasteiger partial charge is 0.119 e. The number of nitrogens with zero attached hydrogens (tertiary/aromatic N) is 1. The van der Waals surface area contributed by atoms with Gasteiger partial charge in [-0.15, -0.1) is 0 Å². The van der Waals surface area contributed by atoms with Gasteiger partial charge in [-0.2, -0.15) is 0 Å². The van der Waals surface area contributed by atoms with E-state index in [2.05, 4.69) is 60.6 Å². The Hall–Kier alpha value is -2.16. The van der Waals surface area contributed by atoms with Crippen LogP contribution in [0.4, 0.5) is 11.4 Å². The Bertz CT molecular complexity index is 537. The molecule has 0 saturated heterocycles. The van der Waals surface area contributed by atoms with Gasteiger partial charge in [0.15, 0.2) is 0 Å². The van der Waals surface area contributed by atoms with Crippen LogP contribution in [0, 0.1) is 6.92 Å². The average molecular weight is 270 g/mol. The van der Waals surface area contributed by atoms with Gasteiger partial charge in [0.25, 0.3) is 0 Å². The third kappa shape index (κ3) is 3.67. The van der Waals surface area contributed by atoms with E-state index in [0.717, 1.165) is 18.8 Å². The summed E-state index contributed by atoms with van der Waals surface area (Å²) < 4.78 is 5.17. The number of likely N-dealkylation sites (N-methyl/N-ethyl adjacent to an activating group) is 1. The van der Waals surface area contributed by atoms with Crippen molar-refractivity contribution in [2.45, 2.75) is 6.92 Å². The summed E-state index contributed by atoms with van der Waals surface area (Å²) in [6, 6.07) is 16.5. The monoisotopic (exact) mass is 270 g/mol. The minimum Gasteiger partial charge on any atom is -0.497 e. The molecule has 0 saturated carbocycles. The Balaban J connectivity index is 1.85. The minimum atomic E-state index is 0.889. The molecule has 20 heavy (non-hydrogen) atoms. The predicted octanol–water partition coefficient (Wildman–Crippen LogP) is 3.55. The second-order valence-corrected chi connectivity index (χ2v) is 4.86. The van der Waals surface area contributed by atoms with Crippen LogP contribution in [0.2, 0.25) is 0 Å². The molecule has 0 heterocycles. The molecule has 3 heteroatoms. The molecule has 106 valence electrons.